The maximum atomic E-state index is 10.3. The third kappa shape index (κ3) is 3.10. The van der Waals surface area contributed by atoms with E-state index in [0.717, 1.165) is 0 Å². The first kappa shape index (κ1) is 16.4. The topological polar surface area (TPSA) is 57.2 Å². The standard InChI is InChI=1S/C14H28O5Si/c1-13(2,3)20(6,7)16-8-9-10(15)11-12(17-9)19-14(4,5)18-11/h9-12,15H,8H2,1-7H3/t9-,10+,11-,12+/m1/s1. The van der Waals surface area contributed by atoms with E-state index in [-0.39, 0.29) is 11.1 Å². The maximum Gasteiger partial charge on any atom is 0.192 e. The second kappa shape index (κ2) is 5.03. The molecule has 1 N–H and O–H groups in total. The zero-order valence-electron chi connectivity index (χ0n) is 13.6. The Labute approximate surface area is 122 Å². The van der Waals surface area contributed by atoms with Crippen LogP contribution in [0.2, 0.25) is 18.1 Å². The average molecular weight is 304 g/mol. The van der Waals surface area contributed by atoms with E-state index in [1.165, 1.54) is 0 Å². The third-order valence-corrected chi connectivity index (χ3v) is 9.03. The molecular weight excluding hydrogens is 276 g/mol. The number of hydrogen-bond donors (Lipinski definition) is 1. The monoisotopic (exact) mass is 304 g/mol. The molecule has 0 saturated carbocycles. The second-order valence-corrected chi connectivity index (χ2v) is 12.5. The first-order valence-electron chi connectivity index (χ1n) is 7.26. The van der Waals surface area contributed by atoms with E-state index in [9.17, 15) is 5.11 Å². The molecule has 4 atom stereocenters. The fourth-order valence-electron chi connectivity index (χ4n) is 2.20. The fraction of sp³-hybridized carbons (Fsp3) is 1.00. The molecule has 6 heteroatoms. The molecule has 0 aliphatic carbocycles. The summed E-state index contributed by atoms with van der Waals surface area (Å²) < 4.78 is 23.1. The van der Waals surface area contributed by atoms with E-state index in [4.69, 9.17) is 18.6 Å². The third-order valence-electron chi connectivity index (χ3n) is 4.53. The smallest absolute Gasteiger partial charge is 0.192 e. The quantitative estimate of drug-likeness (QED) is 0.810. The van der Waals surface area contributed by atoms with E-state index < -0.39 is 32.6 Å². The van der Waals surface area contributed by atoms with Crippen LogP contribution < -0.4 is 0 Å². The van der Waals surface area contributed by atoms with Crippen molar-refractivity contribution in [3.05, 3.63) is 0 Å². The van der Waals surface area contributed by atoms with Crippen molar-refractivity contribution in [2.45, 2.75) is 83.1 Å². The summed E-state index contributed by atoms with van der Waals surface area (Å²) in [5.41, 5.74) is 0. The van der Waals surface area contributed by atoms with Gasteiger partial charge in [-0.05, 0) is 32.0 Å². The van der Waals surface area contributed by atoms with Crippen LogP contribution in [-0.2, 0) is 18.6 Å². The van der Waals surface area contributed by atoms with E-state index in [2.05, 4.69) is 33.9 Å². The Kier molecular flexibility index (Phi) is 4.13. The van der Waals surface area contributed by atoms with Crippen LogP contribution in [0.3, 0.4) is 0 Å². The van der Waals surface area contributed by atoms with Crippen molar-refractivity contribution in [3.8, 4) is 0 Å². The molecule has 0 aromatic carbocycles. The van der Waals surface area contributed by atoms with Gasteiger partial charge in [0.15, 0.2) is 20.4 Å². The van der Waals surface area contributed by atoms with Gasteiger partial charge in [0.25, 0.3) is 0 Å². The second-order valence-electron chi connectivity index (χ2n) is 7.70. The number of fused-ring (bicyclic) bond motifs is 1. The molecule has 20 heavy (non-hydrogen) atoms. The lowest BCUT2D eigenvalue weighted by molar-refractivity contribution is -0.217. The number of aliphatic hydroxyl groups excluding tert-OH is 1. The van der Waals surface area contributed by atoms with Gasteiger partial charge in [0, 0.05) is 0 Å². The normalized spacial score (nSPS) is 37.2. The lowest BCUT2D eigenvalue weighted by Gasteiger charge is -2.37. The van der Waals surface area contributed by atoms with Gasteiger partial charge in [-0.15, -0.1) is 0 Å². The van der Waals surface area contributed by atoms with Crippen LogP contribution in [0.15, 0.2) is 0 Å². The van der Waals surface area contributed by atoms with Crippen molar-refractivity contribution in [2.75, 3.05) is 6.61 Å². The molecule has 2 aliphatic rings. The van der Waals surface area contributed by atoms with Crippen LogP contribution in [0.4, 0.5) is 0 Å². The predicted molar refractivity (Wildman–Crippen MR) is 77.9 cm³/mol. The van der Waals surface area contributed by atoms with Gasteiger partial charge in [-0.2, -0.15) is 0 Å². The van der Waals surface area contributed by atoms with Gasteiger partial charge in [-0.3, -0.25) is 0 Å². The summed E-state index contributed by atoms with van der Waals surface area (Å²) in [7, 11) is -1.84. The lowest BCUT2D eigenvalue weighted by Crippen LogP contribution is -2.45. The van der Waals surface area contributed by atoms with Gasteiger partial charge in [0.05, 0.1) is 6.61 Å². The van der Waals surface area contributed by atoms with Crippen LogP contribution in [0.1, 0.15) is 34.6 Å². The number of rotatable bonds is 3. The number of hydrogen-bond acceptors (Lipinski definition) is 5. The SMILES string of the molecule is CC1(C)O[C@@H]2O[C@H](CO[Si](C)(C)C(C)(C)C)[C@H](O)[C@H]2O1. The summed E-state index contributed by atoms with van der Waals surface area (Å²) in [5, 5.41) is 10.4. The molecule has 0 aromatic rings. The minimum absolute atomic E-state index is 0.140. The highest BCUT2D eigenvalue weighted by Gasteiger charge is 2.54. The van der Waals surface area contributed by atoms with E-state index in [1.807, 2.05) is 13.8 Å². The molecule has 2 rings (SSSR count). The van der Waals surface area contributed by atoms with Crippen molar-refractivity contribution >= 4 is 8.32 Å². The highest BCUT2D eigenvalue weighted by molar-refractivity contribution is 6.74. The summed E-state index contributed by atoms with van der Waals surface area (Å²) in [6, 6.07) is 0. The molecule has 118 valence electrons. The molecule has 0 amide bonds. The van der Waals surface area contributed by atoms with Gasteiger partial charge < -0.3 is 23.7 Å². The zero-order chi connectivity index (χ0) is 15.3. The number of aliphatic hydroxyl groups is 1. The summed E-state index contributed by atoms with van der Waals surface area (Å²) >= 11 is 0. The van der Waals surface area contributed by atoms with E-state index in [1.54, 1.807) is 0 Å². The molecule has 2 saturated heterocycles. The van der Waals surface area contributed by atoms with Crippen LogP contribution in [0.5, 0.6) is 0 Å². The molecule has 0 spiro atoms. The minimum atomic E-state index is -1.84. The largest absolute Gasteiger partial charge is 0.414 e. The molecule has 5 nitrogen and oxygen atoms in total. The maximum absolute atomic E-state index is 10.3. The Morgan fingerprint density at radius 2 is 1.80 bits per heavy atom. The molecule has 0 unspecified atom stereocenters. The van der Waals surface area contributed by atoms with E-state index in [0.29, 0.717) is 6.61 Å². The molecule has 0 bridgehead atoms. The molecule has 2 fully saturated rings. The number of ether oxygens (including phenoxy) is 3. The highest BCUT2D eigenvalue weighted by atomic mass is 28.4. The first-order chi connectivity index (χ1) is 8.93. The summed E-state index contributed by atoms with van der Waals surface area (Å²) in [5.74, 6) is -0.693. The lowest BCUT2D eigenvalue weighted by atomic mass is 10.1. The van der Waals surface area contributed by atoms with Crippen molar-refractivity contribution in [2.24, 2.45) is 0 Å². The molecular formula is C14H28O5Si. The van der Waals surface area contributed by atoms with Gasteiger partial charge in [0.1, 0.15) is 18.3 Å². The summed E-state index contributed by atoms with van der Waals surface area (Å²) in [6.45, 7) is 15.0. The Bertz CT molecular complexity index is 363. The summed E-state index contributed by atoms with van der Waals surface area (Å²) in [4.78, 5) is 0. The average Bonchev–Trinajstić information content (AvgIpc) is 2.69. The van der Waals surface area contributed by atoms with Crippen LogP contribution >= 0.6 is 0 Å². The van der Waals surface area contributed by atoms with Gasteiger partial charge in [-0.1, -0.05) is 20.8 Å². The highest BCUT2D eigenvalue weighted by Crippen LogP contribution is 2.40. The van der Waals surface area contributed by atoms with Crippen molar-refractivity contribution < 1.29 is 23.7 Å². The Balaban J connectivity index is 1.91. The minimum Gasteiger partial charge on any atom is -0.414 e. The van der Waals surface area contributed by atoms with Crippen LogP contribution in [0, 0.1) is 0 Å². The van der Waals surface area contributed by atoms with Crippen molar-refractivity contribution in [1.82, 2.24) is 0 Å². The van der Waals surface area contributed by atoms with Gasteiger partial charge >= 0.3 is 0 Å². The van der Waals surface area contributed by atoms with Crippen molar-refractivity contribution in [3.63, 3.8) is 0 Å². The molecule has 0 radical (unpaired) electrons. The molecule has 0 aromatic heterocycles. The predicted octanol–water partition coefficient (Wildman–Crippen LogP) is 2.25. The Hall–Kier alpha value is 0.0169. The zero-order valence-corrected chi connectivity index (χ0v) is 14.6. The Morgan fingerprint density at radius 3 is 2.30 bits per heavy atom. The van der Waals surface area contributed by atoms with Gasteiger partial charge in [-0.25, -0.2) is 0 Å². The van der Waals surface area contributed by atoms with Gasteiger partial charge in [0.2, 0.25) is 0 Å². The Morgan fingerprint density at radius 1 is 1.20 bits per heavy atom. The van der Waals surface area contributed by atoms with E-state index >= 15 is 0 Å². The molecule has 2 heterocycles. The fourth-order valence-corrected chi connectivity index (χ4v) is 3.22. The molecule has 2 aliphatic heterocycles. The summed E-state index contributed by atoms with van der Waals surface area (Å²) in [6.07, 6.45) is -1.99. The van der Waals surface area contributed by atoms with Crippen molar-refractivity contribution in [1.29, 1.82) is 0 Å². The van der Waals surface area contributed by atoms with Crippen LogP contribution in [-0.4, -0.2) is 50.4 Å². The first-order valence-corrected chi connectivity index (χ1v) is 10.2. The van der Waals surface area contributed by atoms with Crippen LogP contribution in [0.25, 0.3) is 0 Å².